The SMILES string of the molecule is CCCCCOc1ccc(NCC(=O)O)cc1. The van der Waals surface area contributed by atoms with Crippen LogP contribution in [-0.4, -0.2) is 24.2 Å². The molecule has 1 rings (SSSR count). The highest BCUT2D eigenvalue weighted by atomic mass is 16.5. The molecule has 0 aliphatic carbocycles. The molecule has 0 fully saturated rings. The number of unbranched alkanes of at least 4 members (excludes halogenated alkanes) is 2. The van der Waals surface area contributed by atoms with E-state index in [1.165, 1.54) is 12.8 Å². The zero-order valence-electron chi connectivity index (χ0n) is 10.1. The van der Waals surface area contributed by atoms with Crippen molar-refractivity contribution in [1.29, 1.82) is 0 Å². The number of nitrogens with one attached hydrogen (secondary N) is 1. The molecule has 0 aliphatic heterocycles. The molecule has 4 nitrogen and oxygen atoms in total. The van der Waals surface area contributed by atoms with Crippen molar-refractivity contribution in [3.63, 3.8) is 0 Å². The summed E-state index contributed by atoms with van der Waals surface area (Å²) in [4.78, 5) is 10.4. The number of carboxylic acid groups (broad SMARTS) is 1. The Balaban J connectivity index is 2.31. The Kier molecular flexibility index (Phi) is 5.93. The Bertz CT molecular complexity index is 335. The van der Waals surface area contributed by atoms with Gasteiger partial charge in [-0.25, -0.2) is 0 Å². The summed E-state index contributed by atoms with van der Waals surface area (Å²) < 4.78 is 5.54. The van der Waals surface area contributed by atoms with Crippen molar-refractivity contribution in [1.82, 2.24) is 0 Å². The summed E-state index contributed by atoms with van der Waals surface area (Å²) in [6.07, 6.45) is 3.43. The Morgan fingerprint density at radius 2 is 2.00 bits per heavy atom. The van der Waals surface area contributed by atoms with Crippen molar-refractivity contribution in [3.05, 3.63) is 24.3 Å². The molecule has 0 heterocycles. The first-order valence-electron chi connectivity index (χ1n) is 5.91. The molecule has 17 heavy (non-hydrogen) atoms. The third-order valence-electron chi connectivity index (χ3n) is 2.31. The van der Waals surface area contributed by atoms with Crippen LogP contribution in [0.15, 0.2) is 24.3 Å². The fourth-order valence-corrected chi connectivity index (χ4v) is 1.39. The molecule has 0 bridgehead atoms. The second-order valence-electron chi connectivity index (χ2n) is 3.83. The van der Waals surface area contributed by atoms with Crippen LogP contribution in [0.4, 0.5) is 5.69 Å². The predicted molar refractivity (Wildman–Crippen MR) is 67.6 cm³/mol. The second kappa shape index (κ2) is 7.54. The average Bonchev–Trinajstić information content (AvgIpc) is 2.33. The first-order valence-corrected chi connectivity index (χ1v) is 5.91. The molecule has 1 aromatic rings. The standard InChI is InChI=1S/C13H19NO3/c1-2-3-4-9-17-12-7-5-11(6-8-12)14-10-13(15)16/h5-8,14H,2-4,9-10H2,1H3,(H,15,16). The van der Waals surface area contributed by atoms with Crippen LogP contribution in [0.2, 0.25) is 0 Å². The zero-order chi connectivity index (χ0) is 12.5. The van der Waals surface area contributed by atoms with Gasteiger partial charge in [0.1, 0.15) is 12.3 Å². The number of hydrogen-bond acceptors (Lipinski definition) is 3. The lowest BCUT2D eigenvalue weighted by Gasteiger charge is -2.07. The van der Waals surface area contributed by atoms with Crippen molar-refractivity contribution in [3.8, 4) is 5.75 Å². The van der Waals surface area contributed by atoms with Crippen LogP contribution in [0.1, 0.15) is 26.2 Å². The van der Waals surface area contributed by atoms with Gasteiger partial charge in [0.2, 0.25) is 0 Å². The van der Waals surface area contributed by atoms with E-state index < -0.39 is 5.97 Å². The molecule has 4 heteroatoms. The third-order valence-corrected chi connectivity index (χ3v) is 2.31. The van der Waals surface area contributed by atoms with Crippen LogP contribution in [0.25, 0.3) is 0 Å². The van der Waals surface area contributed by atoms with Gasteiger partial charge in [-0.1, -0.05) is 19.8 Å². The summed E-state index contributed by atoms with van der Waals surface area (Å²) in [5.41, 5.74) is 0.785. The Morgan fingerprint density at radius 3 is 2.59 bits per heavy atom. The number of benzene rings is 1. The molecule has 0 spiro atoms. The van der Waals surface area contributed by atoms with Crippen LogP contribution < -0.4 is 10.1 Å². The normalized spacial score (nSPS) is 9.94. The largest absolute Gasteiger partial charge is 0.494 e. The maximum absolute atomic E-state index is 10.4. The molecular formula is C13H19NO3. The number of carboxylic acids is 1. The fraction of sp³-hybridized carbons (Fsp3) is 0.462. The number of aliphatic carboxylic acids is 1. The highest BCUT2D eigenvalue weighted by molar-refractivity contribution is 5.72. The summed E-state index contributed by atoms with van der Waals surface area (Å²) >= 11 is 0. The zero-order valence-corrected chi connectivity index (χ0v) is 10.1. The summed E-state index contributed by atoms with van der Waals surface area (Å²) in [7, 11) is 0. The lowest BCUT2D eigenvalue weighted by Crippen LogP contribution is -2.12. The highest BCUT2D eigenvalue weighted by Gasteiger charge is 1.98. The van der Waals surface area contributed by atoms with Gasteiger partial charge in [0, 0.05) is 5.69 Å². The van der Waals surface area contributed by atoms with E-state index >= 15 is 0 Å². The summed E-state index contributed by atoms with van der Waals surface area (Å²) in [6.45, 7) is 2.81. The second-order valence-corrected chi connectivity index (χ2v) is 3.83. The number of hydrogen-bond donors (Lipinski definition) is 2. The molecule has 0 saturated carbocycles. The summed E-state index contributed by atoms with van der Waals surface area (Å²) in [5.74, 6) is -0.0492. The molecule has 1 aromatic carbocycles. The minimum atomic E-state index is -0.870. The van der Waals surface area contributed by atoms with Gasteiger partial charge >= 0.3 is 5.97 Å². The molecular weight excluding hydrogens is 218 g/mol. The van der Waals surface area contributed by atoms with Crippen molar-refractivity contribution in [2.24, 2.45) is 0 Å². The lowest BCUT2D eigenvalue weighted by atomic mass is 10.2. The van der Waals surface area contributed by atoms with E-state index in [1.807, 2.05) is 24.3 Å². The Morgan fingerprint density at radius 1 is 1.29 bits per heavy atom. The summed E-state index contributed by atoms with van der Waals surface area (Å²) in [6, 6.07) is 7.32. The molecule has 0 saturated heterocycles. The van der Waals surface area contributed by atoms with Gasteiger partial charge in [-0.2, -0.15) is 0 Å². The molecule has 0 amide bonds. The number of ether oxygens (including phenoxy) is 1. The van der Waals surface area contributed by atoms with Crippen LogP contribution in [0.3, 0.4) is 0 Å². The van der Waals surface area contributed by atoms with Gasteiger partial charge in [0.25, 0.3) is 0 Å². The first kappa shape index (κ1) is 13.4. The summed E-state index contributed by atoms with van der Waals surface area (Å²) in [5, 5.41) is 11.3. The minimum absolute atomic E-state index is 0.0727. The monoisotopic (exact) mass is 237 g/mol. The molecule has 0 atom stereocenters. The first-order chi connectivity index (χ1) is 8.22. The average molecular weight is 237 g/mol. The van der Waals surface area contributed by atoms with E-state index in [4.69, 9.17) is 9.84 Å². The van der Waals surface area contributed by atoms with Gasteiger partial charge in [0.05, 0.1) is 6.61 Å². The lowest BCUT2D eigenvalue weighted by molar-refractivity contribution is -0.134. The van der Waals surface area contributed by atoms with E-state index in [2.05, 4.69) is 12.2 Å². The molecule has 0 radical (unpaired) electrons. The Labute approximate surface area is 102 Å². The van der Waals surface area contributed by atoms with E-state index in [-0.39, 0.29) is 6.54 Å². The quantitative estimate of drug-likeness (QED) is 0.682. The smallest absolute Gasteiger partial charge is 0.322 e. The van der Waals surface area contributed by atoms with Gasteiger partial charge in [0.15, 0.2) is 0 Å². The third kappa shape index (κ3) is 5.80. The van der Waals surface area contributed by atoms with Gasteiger partial charge in [-0.15, -0.1) is 0 Å². The van der Waals surface area contributed by atoms with Crippen molar-refractivity contribution < 1.29 is 14.6 Å². The minimum Gasteiger partial charge on any atom is -0.494 e. The number of rotatable bonds is 8. The van der Waals surface area contributed by atoms with Crippen LogP contribution in [0.5, 0.6) is 5.75 Å². The Hall–Kier alpha value is -1.71. The van der Waals surface area contributed by atoms with Gasteiger partial charge in [-0.3, -0.25) is 4.79 Å². The van der Waals surface area contributed by atoms with Crippen molar-refractivity contribution >= 4 is 11.7 Å². The molecule has 94 valence electrons. The van der Waals surface area contributed by atoms with E-state index in [1.54, 1.807) is 0 Å². The molecule has 0 aliphatic rings. The maximum atomic E-state index is 10.4. The van der Waals surface area contributed by atoms with E-state index in [9.17, 15) is 4.79 Å². The number of anilines is 1. The van der Waals surface area contributed by atoms with Gasteiger partial charge in [-0.05, 0) is 30.7 Å². The molecule has 0 aromatic heterocycles. The fourth-order valence-electron chi connectivity index (χ4n) is 1.39. The van der Waals surface area contributed by atoms with Crippen LogP contribution in [0, 0.1) is 0 Å². The van der Waals surface area contributed by atoms with Crippen LogP contribution >= 0.6 is 0 Å². The molecule has 0 unspecified atom stereocenters. The predicted octanol–water partition coefficient (Wildman–Crippen LogP) is 2.75. The topological polar surface area (TPSA) is 58.6 Å². The van der Waals surface area contributed by atoms with Crippen molar-refractivity contribution in [2.75, 3.05) is 18.5 Å². The maximum Gasteiger partial charge on any atom is 0.322 e. The van der Waals surface area contributed by atoms with Crippen LogP contribution in [-0.2, 0) is 4.79 Å². The highest BCUT2D eigenvalue weighted by Crippen LogP contribution is 2.15. The number of carbonyl (C=O) groups is 1. The van der Waals surface area contributed by atoms with Crippen molar-refractivity contribution in [2.45, 2.75) is 26.2 Å². The van der Waals surface area contributed by atoms with E-state index in [0.717, 1.165) is 24.5 Å². The molecule has 2 N–H and O–H groups in total. The van der Waals surface area contributed by atoms with Gasteiger partial charge < -0.3 is 15.2 Å². The van der Waals surface area contributed by atoms with E-state index in [0.29, 0.717) is 0 Å².